The van der Waals surface area contributed by atoms with E-state index in [2.05, 4.69) is 5.32 Å². The van der Waals surface area contributed by atoms with Gasteiger partial charge >= 0.3 is 0 Å². The highest BCUT2D eigenvalue weighted by atomic mass is 35.5. The molecular formula is C13H15Cl2NO2. The van der Waals surface area contributed by atoms with Crippen LogP contribution in [0.25, 0.3) is 0 Å². The molecule has 1 aliphatic carbocycles. The molecule has 1 aliphatic rings. The van der Waals surface area contributed by atoms with Crippen LogP contribution in [-0.4, -0.2) is 23.2 Å². The Balaban J connectivity index is 2.04. The van der Waals surface area contributed by atoms with E-state index in [0.717, 1.165) is 12.8 Å². The summed E-state index contributed by atoms with van der Waals surface area (Å²) in [6.07, 6.45) is 2.02. The Labute approximate surface area is 116 Å². The van der Waals surface area contributed by atoms with Gasteiger partial charge in [-0.05, 0) is 37.8 Å². The Bertz CT molecular complexity index is 450. The van der Waals surface area contributed by atoms with E-state index >= 15 is 0 Å². The third kappa shape index (κ3) is 2.97. The maximum Gasteiger partial charge on any atom is 0.254 e. The molecule has 0 aliphatic heterocycles. The maximum absolute atomic E-state index is 12.0. The summed E-state index contributed by atoms with van der Waals surface area (Å²) in [5.74, 6) is -0.0777. The fourth-order valence-corrected chi connectivity index (χ4v) is 2.48. The Morgan fingerprint density at radius 1 is 1.44 bits per heavy atom. The Morgan fingerprint density at radius 3 is 2.50 bits per heavy atom. The summed E-state index contributed by atoms with van der Waals surface area (Å²) in [4.78, 5) is 12.0. The minimum atomic E-state index is -0.858. The molecule has 1 aromatic carbocycles. The first-order valence-electron chi connectivity index (χ1n) is 5.86. The normalized spacial score (nSPS) is 18.2. The quantitative estimate of drug-likeness (QED) is 0.895. The number of carbonyl (C=O) groups excluding carboxylic acids is 1. The maximum atomic E-state index is 12.0. The van der Waals surface area contributed by atoms with Crippen LogP contribution in [0.5, 0.6) is 0 Å². The molecule has 1 saturated carbocycles. The van der Waals surface area contributed by atoms with Crippen molar-refractivity contribution < 1.29 is 9.90 Å². The first-order chi connectivity index (χ1) is 8.42. The van der Waals surface area contributed by atoms with Gasteiger partial charge in [-0.3, -0.25) is 4.79 Å². The van der Waals surface area contributed by atoms with Gasteiger partial charge in [0.1, 0.15) is 0 Å². The SMILES string of the molecule is CC(O)(CNC(=O)c1c(Cl)cccc1Cl)C1CC1. The summed E-state index contributed by atoms with van der Waals surface area (Å²) in [7, 11) is 0. The van der Waals surface area contributed by atoms with E-state index in [0.29, 0.717) is 10.0 Å². The second-order valence-corrected chi connectivity index (χ2v) is 5.73. The number of aliphatic hydroxyl groups is 1. The molecule has 0 bridgehead atoms. The molecule has 3 nitrogen and oxygen atoms in total. The van der Waals surface area contributed by atoms with Crippen LogP contribution < -0.4 is 5.32 Å². The predicted octanol–water partition coefficient (Wildman–Crippen LogP) is 2.88. The fourth-order valence-electron chi connectivity index (χ4n) is 1.91. The Morgan fingerprint density at radius 2 is 2.00 bits per heavy atom. The molecule has 1 aromatic rings. The average molecular weight is 288 g/mol. The monoisotopic (exact) mass is 287 g/mol. The molecule has 1 unspecified atom stereocenters. The molecule has 0 saturated heterocycles. The fraction of sp³-hybridized carbons (Fsp3) is 0.462. The zero-order valence-electron chi connectivity index (χ0n) is 10.0. The standard InChI is InChI=1S/C13H15Cl2NO2/c1-13(18,8-5-6-8)7-16-12(17)11-9(14)3-2-4-10(11)15/h2-4,8,18H,5-7H2,1H3,(H,16,17). The number of amides is 1. The van der Waals surface area contributed by atoms with Crippen LogP contribution in [0.1, 0.15) is 30.1 Å². The molecule has 2 N–H and O–H groups in total. The smallest absolute Gasteiger partial charge is 0.254 e. The second-order valence-electron chi connectivity index (χ2n) is 4.91. The number of nitrogens with one attached hydrogen (secondary N) is 1. The van der Waals surface area contributed by atoms with Crippen molar-refractivity contribution >= 4 is 29.1 Å². The summed E-state index contributed by atoms with van der Waals surface area (Å²) >= 11 is 11.9. The lowest BCUT2D eigenvalue weighted by Gasteiger charge is -2.23. The van der Waals surface area contributed by atoms with Crippen molar-refractivity contribution in [2.24, 2.45) is 5.92 Å². The van der Waals surface area contributed by atoms with Crippen molar-refractivity contribution in [1.82, 2.24) is 5.32 Å². The highest BCUT2D eigenvalue weighted by Gasteiger charge is 2.40. The lowest BCUT2D eigenvalue weighted by Crippen LogP contribution is -2.42. The highest BCUT2D eigenvalue weighted by Crippen LogP contribution is 2.39. The number of halogens is 2. The van der Waals surface area contributed by atoms with E-state index in [9.17, 15) is 9.90 Å². The van der Waals surface area contributed by atoms with Crippen LogP contribution >= 0.6 is 23.2 Å². The number of hydrogen-bond donors (Lipinski definition) is 2. The molecule has 98 valence electrons. The van der Waals surface area contributed by atoms with Crippen molar-refractivity contribution in [3.63, 3.8) is 0 Å². The minimum absolute atomic E-state index is 0.206. The van der Waals surface area contributed by atoms with E-state index < -0.39 is 5.60 Å². The number of hydrogen-bond acceptors (Lipinski definition) is 2. The summed E-state index contributed by atoms with van der Waals surface area (Å²) in [5.41, 5.74) is -0.601. The largest absolute Gasteiger partial charge is 0.388 e. The van der Waals surface area contributed by atoms with Crippen LogP contribution in [-0.2, 0) is 0 Å². The first kappa shape index (κ1) is 13.7. The zero-order valence-corrected chi connectivity index (χ0v) is 11.6. The number of benzene rings is 1. The molecule has 0 spiro atoms. The van der Waals surface area contributed by atoms with E-state index in [1.54, 1.807) is 25.1 Å². The molecule has 0 heterocycles. The van der Waals surface area contributed by atoms with Crippen molar-refractivity contribution in [1.29, 1.82) is 0 Å². The summed E-state index contributed by atoms with van der Waals surface area (Å²) in [6.45, 7) is 1.94. The van der Waals surface area contributed by atoms with Crippen molar-refractivity contribution in [3.05, 3.63) is 33.8 Å². The molecule has 5 heteroatoms. The lowest BCUT2D eigenvalue weighted by molar-refractivity contribution is 0.0354. The van der Waals surface area contributed by atoms with Gasteiger partial charge < -0.3 is 10.4 Å². The van der Waals surface area contributed by atoms with Crippen LogP contribution in [0, 0.1) is 5.92 Å². The summed E-state index contributed by atoms with van der Waals surface area (Å²) in [6, 6.07) is 4.91. The molecule has 18 heavy (non-hydrogen) atoms. The van der Waals surface area contributed by atoms with Crippen LogP contribution in [0.15, 0.2) is 18.2 Å². The minimum Gasteiger partial charge on any atom is -0.388 e. The van der Waals surface area contributed by atoms with Crippen molar-refractivity contribution in [3.8, 4) is 0 Å². The Kier molecular flexibility index (Phi) is 3.85. The van der Waals surface area contributed by atoms with Crippen LogP contribution in [0.2, 0.25) is 10.0 Å². The predicted molar refractivity (Wildman–Crippen MR) is 72.1 cm³/mol. The molecule has 0 radical (unpaired) electrons. The summed E-state index contributed by atoms with van der Waals surface area (Å²) < 4.78 is 0. The van der Waals surface area contributed by atoms with Crippen LogP contribution in [0.3, 0.4) is 0 Å². The van der Waals surface area contributed by atoms with Crippen molar-refractivity contribution in [2.75, 3.05) is 6.54 Å². The molecule has 1 amide bonds. The molecule has 0 aromatic heterocycles. The van der Waals surface area contributed by atoms with Gasteiger partial charge in [0, 0.05) is 6.54 Å². The second kappa shape index (κ2) is 5.08. The van der Waals surface area contributed by atoms with Gasteiger partial charge in [0.2, 0.25) is 0 Å². The molecule has 1 atom stereocenters. The first-order valence-corrected chi connectivity index (χ1v) is 6.62. The van der Waals surface area contributed by atoms with Gasteiger partial charge in [0.05, 0.1) is 21.2 Å². The van der Waals surface area contributed by atoms with Crippen LogP contribution in [0.4, 0.5) is 0 Å². The third-order valence-corrected chi connectivity index (χ3v) is 3.88. The van der Waals surface area contributed by atoms with Crippen molar-refractivity contribution in [2.45, 2.75) is 25.4 Å². The number of carbonyl (C=O) groups is 1. The zero-order chi connectivity index (χ0) is 13.3. The lowest BCUT2D eigenvalue weighted by atomic mass is 10.0. The number of rotatable bonds is 4. The van der Waals surface area contributed by atoms with Gasteiger partial charge in [0.15, 0.2) is 0 Å². The van der Waals surface area contributed by atoms with Gasteiger partial charge in [-0.15, -0.1) is 0 Å². The van der Waals surface area contributed by atoms with E-state index in [-0.39, 0.29) is 23.9 Å². The Hall–Kier alpha value is -0.770. The van der Waals surface area contributed by atoms with Gasteiger partial charge in [-0.1, -0.05) is 29.3 Å². The van der Waals surface area contributed by atoms with E-state index in [1.165, 1.54) is 0 Å². The molecule has 2 rings (SSSR count). The summed E-state index contributed by atoms with van der Waals surface area (Å²) in [5, 5.41) is 13.4. The van der Waals surface area contributed by atoms with Gasteiger partial charge in [-0.25, -0.2) is 0 Å². The molecule has 1 fully saturated rings. The highest BCUT2D eigenvalue weighted by molar-refractivity contribution is 6.39. The van der Waals surface area contributed by atoms with E-state index in [1.807, 2.05) is 0 Å². The van der Waals surface area contributed by atoms with Gasteiger partial charge in [0.25, 0.3) is 5.91 Å². The van der Waals surface area contributed by atoms with E-state index in [4.69, 9.17) is 23.2 Å². The molecular weight excluding hydrogens is 273 g/mol. The van der Waals surface area contributed by atoms with Gasteiger partial charge in [-0.2, -0.15) is 0 Å². The third-order valence-electron chi connectivity index (χ3n) is 3.25. The topological polar surface area (TPSA) is 49.3 Å². The average Bonchev–Trinajstić information content (AvgIpc) is 3.10.